The predicted molar refractivity (Wildman–Crippen MR) is 116 cm³/mol. The minimum Gasteiger partial charge on any atom is -0.355 e. The van der Waals surface area contributed by atoms with E-state index < -0.39 is 0 Å². The highest BCUT2D eigenvalue weighted by atomic mass is 16.1. The third-order valence-electron chi connectivity index (χ3n) is 4.43. The normalized spacial score (nSPS) is 10.3. The van der Waals surface area contributed by atoms with Crippen LogP contribution in [0.5, 0.6) is 0 Å². The zero-order valence-electron chi connectivity index (χ0n) is 15.3. The van der Waals surface area contributed by atoms with E-state index in [9.17, 15) is 4.79 Å². The number of anilines is 4. The molecule has 0 aliphatic heterocycles. The first kappa shape index (κ1) is 17.6. The van der Waals surface area contributed by atoms with Gasteiger partial charge in [-0.15, -0.1) is 0 Å². The van der Waals surface area contributed by atoms with Gasteiger partial charge in [-0.3, -0.25) is 4.79 Å². The van der Waals surface area contributed by atoms with Gasteiger partial charge in [0, 0.05) is 16.9 Å². The van der Waals surface area contributed by atoms with Crippen molar-refractivity contribution in [2.75, 3.05) is 10.6 Å². The van der Waals surface area contributed by atoms with E-state index in [4.69, 9.17) is 0 Å². The number of benzene rings is 4. The van der Waals surface area contributed by atoms with Crippen molar-refractivity contribution in [1.82, 2.24) is 0 Å². The average molecular weight is 364 g/mol. The van der Waals surface area contributed by atoms with Crippen LogP contribution in [0.3, 0.4) is 0 Å². The Kier molecular flexibility index (Phi) is 5.16. The molecule has 4 aromatic carbocycles. The van der Waals surface area contributed by atoms with Crippen LogP contribution in [0.25, 0.3) is 0 Å². The zero-order valence-corrected chi connectivity index (χ0v) is 15.3. The molecule has 0 unspecified atom stereocenters. The van der Waals surface area contributed by atoms with Crippen LogP contribution in [0.4, 0.5) is 22.7 Å². The van der Waals surface area contributed by atoms with Crippen molar-refractivity contribution in [2.24, 2.45) is 0 Å². The van der Waals surface area contributed by atoms with E-state index in [2.05, 4.69) is 10.6 Å². The smallest absolute Gasteiger partial charge is 0.197 e. The molecular weight excluding hydrogens is 344 g/mol. The Balaban J connectivity index is 1.79. The van der Waals surface area contributed by atoms with Crippen LogP contribution in [-0.4, -0.2) is 5.78 Å². The van der Waals surface area contributed by atoms with E-state index in [-0.39, 0.29) is 5.78 Å². The number of carbonyl (C=O) groups excluding carboxylic acids is 1. The average Bonchev–Trinajstić information content (AvgIpc) is 2.76. The van der Waals surface area contributed by atoms with Gasteiger partial charge in [-0.25, -0.2) is 0 Å². The van der Waals surface area contributed by atoms with Crippen LogP contribution in [-0.2, 0) is 0 Å². The molecule has 136 valence electrons. The summed E-state index contributed by atoms with van der Waals surface area (Å²) < 4.78 is 0. The summed E-state index contributed by atoms with van der Waals surface area (Å²) in [6.45, 7) is 0. The van der Waals surface area contributed by atoms with Gasteiger partial charge < -0.3 is 10.6 Å². The van der Waals surface area contributed by atoms with E-state index >= 15 is 0 Å². The van der Waals surface area contributed by atoms with Gasteiger partial charge in [-0.1, -0.05) is 72.8 Å². The second-order valence-corrected chi connectivity index (χ2v) is 6.41. The quantitative estimate of drug-likeness (QED) is 0.389. The van der Waals surface area contributed by atoms with Crippen molar-refractivity contribution in [2.45, 2.75) is 0 Å². The van der Waals surface area contributed by atoms with Crippen molar-refractivity contribution in [3.05, 3.63) is 120 Å². The van der Waals surface area contributed by atoms with E-state index in [1.807, 2.05) is 109 Å². The highest BCUT2D eigenvalue weighted by Gasteiger charge is 2.18. The minimum absolute atomic E-state index is 0.0296. The summed E-state index contributed by atoms with van der Waals surface area (Å²) in [7, 11) is 0. The molecule has 0 radical (unpaired) electrons. The number of carbonyl (C=O) groups is 1. The van der Waals surface area contributed by atoms with Crippen LogP contribution in [0.1, 0.15) is 15.9 Å². The molecule has 0 heterocycles. The van der Waals surface area contributed by atoms with E-state index in [1.165, 1.54) is 0 Å². The summed E-state index contributed by atoms with van der Waals surface area (Å²) in [4.78, 5) is 13.4. The Bertz CT molecular complexity index is 1000. The van der Waals surface area contributed by atoms with Gasteiger partial charge >= 0.3 is 0 Å². The Morgan fingerprint density at radius 2 is 0.929 bits per heavy atom. The Labute approximate surface area is 164 Å². The number of ketones is 1. The summed E-state index contributed by atoms with van der Waals surface area (Å²) >= 11 is 0. The Morgan fingerprint density at radius 3 is 1.39 bits per heavy atom. The lowest BCUT2D eigenvalue weighted by molar-refractivity contribution is 0.104. The molecule has 2 N–H and O–H groups in total. The van der Waals surface area contributed by atoms with Crippen LogP contribution in [0, 0.1) is 0 Å². The molecule has 3 nitrogen and oxygen atoms in total. The van der Waals surface area contributed by atoms with Crippen LogP contribution < -0.4 is 10.6 Å². The molecule has 0 atom stereocenters. The van der Waals surface area contributed by atoms with Gasteiger partial charge in [0.25, 0.3) is 0 Å². The van der Waals surface area contributed by atoms with Crippen molar-refractivity contribution in [3.63, 3.8) is 0 Å². The van der Waals surface area contributed by atoms with Gasteiger partial charge in [-0.05, 0) is 36.4 Å². The maximum Gasteiger partial charge on any atom is 0.197 e. The predicted octanol–water partition coefficient (Wildman–Crippen LogP) is 6.40. The highest BCUT2D eigenvalue weighted by Crippen LogP contribution is 2.31. The van der Waals surface area contributed by atoms with Gasteiger partial charge in [0.15, 0.2) is 5.78 Å². The molecule has 0 spiro atoms. The Morgan fingerprint density at radius 1 is 0.500 bits per heavy atom. The van der Waals surface area contributed by atoms with Crippen molar-refractivity contribution < 1.29 is 4.79 Å². The number of para-hydroxylation sites is 2. The monoisotopic (exact) mass is 364 g/mol. The number of rotatable bonds is 6. The summed E-state index contributed by atoms with van der Waals surface area (Å²) in [6, 6.07) is 34.9. The molecule has 0 aliphatic carbocycles. The van der Waals surface area contributed by atoms with Gasteiger partial charge in [-0.2, -0.15) is 0 Å². The molecule has 0 saturated heterocycles. The second kappa shape index (κ2) is 8.23. The first-order valence-corrected chi connectivity index (χ1v) is 9.18. The minimum atomic E-state index is -0.0296. The molecule has 0 amide bonds. The topological polar surface area (TPSA) is 41.1 Å². The third kappa shape index (κ3) is 3.94. The first-order valence-electron chi connectivity index (χ1n) is 9.18. The number of nitrogens with one attached hydrogen (secondary N) is 2. The maximum absolute atomic E-state index is 13.4. The molecule has 0 aliphatic rings. The molecule has 3 heteroatoms. The fourth-order valence-electron chi connectivity index (χ4n) is 3.09. The summed E-state index contributed by atoms with van der Waals surface area (Å²) in [5.74, 6) is -0.0296. The maximum atomic E-state index is 13.4. The first-order chi connectivity index (χ1) is 13.8. The number of hydrogen-bond acceptors (Lipinski definition) is 3. The fourth-order valence-corrected chi connectivity index (χ4v) is 3.09. The van der Waals surface area contributed by atoms with Gasteiger partial charge in [0.1, 0.15) is 0 Å². The van der Waals surface area contributed by atoms with E-state index in [0.29, 0.717) is 11.1 Å². The molecule has 4 aromatic rings. The molecular formula is C25H20N2O. The van der Waals surface area contributed by atoms with Crippen molar-refractivity contribution in [1.29, 1.82) is 0 Å². The lowest BCUT2D eigenvalue weighted by atomic mass is 9.99. The molecule has 0 bridgehead atoms. The molecule has 0 aromatic heterocycles. The van der Waals surface area contributed by atoms with Crippen molar-refractivity contribution >= 4 is 28.5 Å². The van der Waals surface area contributed by atoms with Gasteiger partial charge in [0.2, 0.25) is 0 Å². The van der Waals surface area contributed by atoms with Gasteiger partial charge in [0.05, 0.1) is 16.9 Å². The zero-order chi connectivity index (χ0) is 19.2. The summed E-state index contributed by atoms with van der Waals surface area (Å²) in [5.41, 5.74) is 4.66. The standard InChI is InChI=1S/C25H20N2O/c28-25(19-11-4-1-5-12-19)24-22(26-20-13-6-2-7-14-20)17-10-18-23(24)27-21-15-8-3-9-16-21/h1-18,26-27H. The van der Waals surface area contributed by atoms with Crippen LogP contribution >= 0.6 is 0 Å². The lowest BCUT2D eigenvalue weighted by Gasteiger charge is -2.17. The largest absolute Gasteiger partial charge is 0.355 e. The summed E-state index contributed by atoms with van der Waals surface area (Å²) in [5, 5.41) is 6.78. The number of hydrogen-bond donors (Lipinski definition) is 2. The molecule has 0 saturated carbocycles. The molecule has 28 heavy (non-hydrogen) atoms. The Hall–Kier alpha value is -3.85. The fraction of sp³-hybridized carbons (Fsp3) is 0. The SMILES string of the molecule is O=C(c1ccccc1)c1c(Nc2ccccc2)cccc1Nc1ccccc1. The molecule has 0 fully saturated rings. The second-order valence-electron chi connectivity index (χ2n) is 6.41. The van der Waals surface area contributed by atoms with E-state index in [1.54, 1.807) is 0 Å². The molecule has 4 rings (SSSR count). The summed E-state index contributed by atoms with van der Waals surface area (Å²) in [6.07, 6.45) is 0. The highest BCUT2D eigenvalue weighted by molar-refractivity contribution is 6.16. The van der Waals surface area contributed by atoms with Crippen molar-refractivity contribution in [3.8, 4) is 0 Å². The third-order valence-corrected chi connectivity index (χ3v) is 4.43. The van der Waals surface area contributed by atoms with E-state index in [0.717, 1.165) is 22.7 Å². The van der Waals surface area contributed by atoms with Crippen LogP contribution in [0.2, 0.25) is 0 Å². The van der Waals surface area contributed by atoms with Crippen LogP contribution in [0.15, 0.2) is 109 Å². The lowest BCUT2D eigenvalue weighted by Crippen LogP contribution is -2.09.